The van der Waals surface area contributed by atoms with Gasteiger partial charge in [-0.05, 0) is 42.8 Å². The average Bonchev–Trinajstić information content (AvgIpc) is 3.29. The molecule has 9 nitrogen and oxygen atoms in total. The van der Waals surface area contributed by atoms with Gasteiger partial charge < -0.3 is 28.8 Å². The van der Waals surface area contributed by atoms with Gasteiger partial charge >= 0.3 is 0 Å². The Bertz CT molecular complexity index is 987. The quantitative estimate of drug-likeness (QED) is 0.465. The van der Waals surface area contributed by atoms with Crippen molar-refractivity contribution in [2.45, 2.75) is 19.4 Å². The van der Waals surface area contributed by atoms with E-state index in [-0.39, 0.29) is 12.5 Å². The van der Waals surface area contributed by atoms with Crippen LogP contribution in [0, 0.1) is 0 Å². The highest BCUT2D eigenvalue weighted by molar-refractivity contribution is 5.75. The summed E-state index contributed by atoms with van der Waals surface area (Å²) in [6.07, 6.45) is 0.902. The maximum atomic E-state index is 12.1. The van der Waals surface area contributed by atoms with Gasteiger partial charge in [0.15, 0.2) is 0 Å². The summed E-state index contributed by atoms with van der Waals surface area (Å²) in [6, 6.07) is 12.6. The normalized spacial score (nSPS) is 10.4. The Morgan fingerprint density at radius 3 is 2.39 bits per heavy atom. The van der Waals surface area contributed by atoms with Crippen LogP contribution in [0.1, 0.15) is 18.7 Å². The molecule has 0 aliphatic carbocycles. The molecule has 1 N–H and O–H groups in total. The molecule has 0 unspecified atom stereocenters. The fourth-order valence-corrected chi connectivity index (χ4v) is 2.78. The number of methoxy groups -OCH3 is 3. The van der Waals surface area contributed by atoms with Crippen LogP contribution in [0.15, 0.2) is 47.0 Å². The van der Waals surface area contributed by atoms with Crippen molar-refractivity contribution in [3.05, 3.63) is 48.4 Å². The zero-order valence-corrected chi connectivity index (χ0v) is 17.7. The Kier molecular flexibility index (Phi) is 7.69. The highest BCUT2D eigenvalue weighted by atomic mass is 16.5. The van der Waals surface area contributed by atoms with E-state index in [9.17, 15) is 4.79 Å². The second kappa shape index (κ2) is 10.9. The van der Waals surface area contributed by atoms with E-state index < -0.39 is 0 Å². The molecule has 0 saturated heterocycles. The number of hydrogen-bond donors (Lipinski definition) is 1. The number of aromatic nitrogens is 2. The summed E-state index contributed by atoms with van der Waals surface area (Å²) >= 11 is 0. The van der Waals surface area contributed by atoms with Gasteiger partial charge in [-0.2, -0.15) is 4.98 Å². The topological polar surface area (TPSA) is 105 Å². The maximum absolute atomic E-state index is 12.1. The molecule has 2 aromatic carbocycles. The monoisotopic (exact) mass is 427 g/mol. The van der Waals surface area contributed by atoms with E-state index in [1.807, 2.05) is 24.3 Å². The zero-order chi connectivity index (χ0) is 22.1. The number of benzene rings is 2. The first-order valence-electron chi connectivity index (χ1n) is 9.71. The van der Waals surface area contributed by atoms with Crippen LogP contribution in [-0.4, -0.2) is 44.0 Å². The first kappa shape index (κ1) is 21.9. The zero-order valence-electron chi connectivity index (χ0n) is 17.7. The minimum absolute atomic E-state index is 0.125. The molecule has 0 aliphatic heterocycles. The fraction of sp³-hybridized carbons (Fsp3) is 0.318. The number of hydrogen-bond acceptors (Lipinski definition) is 8. The highest BCUT2D eigenvalue weighted by Gasteiger charge is 2.15. The summed E-state index contributed by atoms with van der Waals surface area (Å²) in [6.45, 7) is 0.575. The maximum Gasteiger partial charge on any atom is 0.246 e. The van der Waals surface area contributed by atoms with E-state index in [2.05, 4.69) is 15.5 Å². The van der Waals surface area contributed by atoms with E-state index >= 15 is 0 Å². The summed E-state index contributed by atoms with van der Waals surface area (Å²) in [5, 5.41) is 6.73. The summed E-state index contributed by atoms with van der Waals surface area (Å²) in [5.74, 6) is 3.27. The molecule has 0 spiro atoms. The molecular formula is C22H25N3O6. The molecule has 9 heteroatoms. The van der Waals surface area contributed by atoms with Gasteiger partial charge in [-0.25, -0.2) is 0 Å². The van der Waals surface area contributed by atoms with E-state index in [1.54, 1.807) is 39.5 Å². The lowest BCUT2D eigenvalue weighted by Gasteiger charge is -2.07. The third-order valence-corrected chi connectivity index (χ3v) is 4.43. The predicted molar refractivity (Wildman–Crippen MR) is 112 cm³/mol. The summed E-state index contributed by atoms with van der Waals surface area (Å²) in [5.41, 5.74) is 0.667. The van der Waals surface area contributed by atoms with Gasteiger partial charge in [0.1, 0.15) is 23.0 Å². The minimum atomic E-state index is -0.125. The van der Waals surface area contributed by atoms with Gasteiger partial charge in [0.2, 0.25) is 17.6 Å². The molecule has 0 radical (unpaired) electrons. The van der Waals surface area contributed by atoms with E-state index in [0.717, 1.165) is 11.5 Å². The Morgan fingerprint density at radius 2 is 1.68 bits per heavy atom. The molecule has 0 atom stereocenters. The molecule has 1 amide bonds. The SMILES string of the molecule is COc1ccc(OCCCC(=O)NCc2nc(-c3ccc(OC)cc3OC)no2)cc1. The largest absolute Gasteiger partial charge is 0.497 e. The molecule has 1 aromatic heterocycles. The number of ether oxygens (including phenoxy) is 4. The van der Waals surface area contributed by atoms with Gasteiger partial charge in [0, 0.05) is 12.5 Å². The molecule has 3 aromatic rings. The number of rotatable bonds is 11. The first-order valence-corrected chi connectivity index (χ1v) is 9.71. The lowest BCUT2D eigenvalue weighted by atomic mass is 10.2. The van der Waals surface area contributed by atoms with Gasteiger partial charge in [-0.15, -0.1) is 0 Å². The van der Waals surface area contributed by atoms with Crippen molar-refractivity contribution in [1.29, 1.82) is 0 Å². The van der Waals surface area contributed by atoms with Crippen molar-refractivity contribution in [2.75, 3.05) is 27.9 Å². The summed E-state index contributed by atoms with van der Waals surface area (Å²) < 4.78 is 26.5. The van der Waals surface area contributed by atoms with E-state index in [4.69, 9.17) is 23.5 Å². The van der Waals surface area contributed by atoms with Crippen molar-refractivity contribution in [3.63, 3.8) is 0 Å². The second-order valence-corrected chi connectivity index (χ2v) is 6.48. The molecule has 3 rings (SSSR count). The number of nitrogens with one attached hydrogen (secondary N) is 1. The molecule has 0 aliphatic rings. The van der Waals surface area contributed by atoms with Crippen molar-refractivity contribution < 1.29 is 28.3 Å². The Labute approximate surface area is 180 Å². The van der Waals surface area contributed by atoms with Crippen LogP contribution in [0.5, 0.6) is 23.0 Å². The molecular weight excluding hydrogens is 402 g/mol. The van der Waals surface area contributed by atoms with Crippen LogP contribution in [0.25, 0.3) is 11.4 Å². The van der Waals surface area contributed by atoms with Gasteiger partial charge in [0.05, 0.1) is 40.0 Å². The number of nitrogens with zero attached hydrogens (tertiary/aromatic N) is 2. The standard InChI is InChI=1S/C22H25N3O6/c1-27-15-6-8-16(9-7-15)30-12-4-5-20(26)23-14-21-24-22(25-31-21)18-11-10-17(28-2)13-19(18)29-3/h6-11,13H,4-5,12,14H2,1-3H3,(H,23,26). The molecule has 164 valence electrons. The van der Waals surface area contributed by atoms with E-state index in [0.29, 0.717) is 48.2 Å². The molecule has 0 fully saturated rings. The molecule has 0 bridgehead atoms. The third kappa shape index (κ3) is 6.11. The summed E-state index contributed by atoms with van der Waals surface area (Å²) in [7, 11) is 4.74. The second-order valence-electron chi connectivity index (χ2n) is 6.48. The van der Waals surface area contributed by atoms with Crippen LogP contribution in [-0.2, 0) is 11.3 Å². The van der Waals surface area contributed by atoms with Gasteiger partial charge in [-0.1, -0.05) is 5.16 Å². The average molecular weight is 427 g/mol. The summed E-state index contributed by atoms with van der Waals surface area (Å²) in [4.78, 5) is 16.4. The van der Waals surface area contributed by atoms with Crippen LogP contribution in [0.3, 0.4) is 0 Å². The van der Waals surface area contributed by atoms with Crippen LogP contribution < -0.4 is 24.3 Å². The number of carbonyl (C=O) groups is 1. The Morgan fingerprint density at radius 1 is 0.968 bits per heavy atom. The third-order valence-electron chi connectivity index (χ3n) is 4.43. The van der Waals surface area contributed by atoms with Crippen molar-refractivity contribution in [1.82, 2.24) is 15.5 Å². The van der Waals surface area contributed by atoms with Crippen molar-refractivity contribution >= 4 is 5.91 Å². The van der Waals surface area contributed by atoms with E-state index in [1.165, 1.54) is 0 Å². The lowest BCUT2D eigenvalue weighted by Crippen LogP contribution is -2.23. The van der Waals surface area contributed by atoms with Crippen LogP contribution >= 0.6 is 0 Å². The fourth-order valence-electron chi connectivity index (χ4n) is 2.78. The molecule has 1 heterocycles. The Balaban J connectivity index is 1.43. The van der Waals surface area contributed by atoms with Gasteiger partial charge in [0.25, 0.3) is 0 Å². The smallest absolute Gasteiger partial charge is 0.246 e. The van der Waals surface area contributed by atoms with Gasteiger partial charge in [-0.3, -0.25) is 4.79 Å². The molecule has 31 heavy (non-hydrogen) atoms. The predicted octanol–water partition coefficient (Wildman–Crippen LogP) is 3.24. The lowest BCUT2D eigenvalue weighted by molar-refractivity contribution is -0.121. The van der Waals surface area contributed by atoms with Crippen LogP contribution in [0.2, 0.25) is 0 Å². The number of amides is 1. The van der Waals surface area contributed by atoms with Crippen molar-refractivity contribution in [3.8, 4) is 34.4 Å². The van der Waals surface area contributed by atoms with Crippen molar-refractivity contribution in [2.24, 2.45) is 0 Å². The minimum Gasteiger partial charge on any atom is -0.497 e. The highest BCUT2D eigenvalue weighted by Crippen LogP contribution is 2.31. The van der Waals surface area contributed by atoms with Crippen LogP contribution in [0.4, 0.5) is 0 Å². The molecule has 0 saturated carbocycles. The Hall–Kier alpha value is -3.75. The first-order chi connectivity index (χ1) is 15.1. The number of carbonyl (C=O) groups excluding carboxylic acids is 1.